The first-order valence-electron chi connectivity index (χ1n) is 6.77. The highest BCUT2D eigenvalue weighted by molar-refractivity contribution is 7.90. The van der Waals surface area contributed by atoms with Crippen molar-refractivity contribution >= 4 is 27.0 Å². The van der Waals surface area contributed by atoms with Gasteiger partial charge >= 0.3 is 0 Å². The van der Waals surface area contributed by atoms with Crippen LogP contribution in [0.5, 0.6) is 0 Å². The number of tetrazole rings is 1. The van der Waals surface area contributed by atoms with Gasteiger partial charge in [-0.05, 0) is 23.1 Å². The molecule has 2 heterocycles. The van der Waals surface area contributed by atoms with E-state index in [0.717, 1.165) is 11.1 Å². The van der Waals surface area contributed by atoms with E-state index in [2.05, 4.69) is 15.4 Å². The molecule has 0 aliphatic heterocycles. The van der Waals surface area contributed by atoms with Crippen LogP contribution < -0.4 is 0 Å². The van der Waals surface area contributed by atoms with E-state index in [9.17, 15) is 13.2 Å². The normalized spacial score (nSPS) is 12.7. The van der Waals surface area contributed by atoms with Gasteiger partial charge in [-0.15, -0.1) is 15.0 Å². The van der Waals surface area contributed by atoms with E-state index in [1.165, 1.54) is 11.3 Å². The Morgan fingerprint density at radius 2 is 2.30 bits per heavy atom. The monoisotopic (exact) mass is 353 g/mol. The van der Waals surface area contributed by atoms with Crippen molar-refractivity contribution in [3.8, 4) is 6.07 Å². The molecule has 0 amide bonds. The van der Waals surface area contributed by atoms with E-state index in [4.69, 9.17) is 5.26 Å². The van der Waals surface area contributed by atoms with Crippen LogP contribution in [0.4, 0.5) is 0 Å². The minimum Gasteiger partial charge on any atom is -0.294 e. The zero-order chi connectivity index (χ0) is 16.9. The van der Waals surface area contributed by atoms with Gasteiger partial charge in [0.25, 0.3) is 0 Å². The van der Waals surface area contributed by atoms with Crippen molar-refractivity contribution in [3.05, 3.63) is 28.2 Å². The molecule has 2 aromatic rings. The highest BCUT2D eigenvalue weighted by Crippen LogP contribution is 2.23. The van der Waals surface area contributed by atoms with Crippen molar-refractivity contribution in [3.63, 3.8) is 0 Å². The average molecular weight is 353 g/mol. The number of rotatable bonds is 8. The molecule has 0 aliphatic carbocycles. The summed E-state index contributed by atoms with van der Waals surface area (Å²) in [7, 11) is -3.16. The van der Waals surface area contributed by atoms with E-state index in [1.54, 1.807) is 16.8 Å². The standard InChI is InChI=1S/C13H15N5O3S2/c1-23(20,21)7-3-10(8-12(19)11-2-6-22-9-11)13-15-17-18(16-13)5-4-14/h2,6,9-10H,3,5,7-8H2,1H3/t10-/m1/s1. The van der Waals surface area contributed by atoms with Crippen LogP contribution in [-0.4, -0.2) is 46.4 Å². The Labute approximate surface area is 137 Å². The zero-order valence-corrected chi connectivity index (χ0v) is 14.0. The molecule has 8 nitrogen and oxygen atoms in total. The molecule has 0 N–H and O–H groups in total. The van der Waals surface area contributed by atoms with Crippen LogP contribution in [0.1, 0.15) is 34.9 Å². The van der Waals surface area contributed by atoms with Gasteiger partial charge in [-0.2, -0.15) is 16.6 Å². The molecule has 0 unspecified atom stereocenters. The van der Waals surface area contributed by atoms with Gasteiger partial charge < -0.3 is 0 Å². The molecule has 122 valence electrons. The van der Waals surface area contributed by atoms with Gasteiger partial charge in [-0.1, -0.05) is 0 Å². The number of ketones is 1. The van der Waals surface area contributed by atoms with E-state index in [-0.39, 0.29) is 36.7 Å². The summed E-state index contributed by atoms with van der Waals surface area (Å²) in [6.45, 7) is -0.0513. The molecule has 0 aromatic carbocycles. The van der Waals surface area contributed by atoms with Gasteiger partial charge in [0.15, 0.2) is 11.6 Å². The van der Waals surface area contributed by atoms with Crippen molar-refractivity contribution < 1.29 is 13.2 Å². The third-order valence-corrected chi connectivity index (χ3v) is 4.82. The summed E-state index contributed by atoms with van der Waals surface area (Å²) in [6.07, 6.45) is 1.47. The fourth-order valence-corrected chi connectivity index (χ4v) is 3.37. The van der Waals surface area contributed by atoms with E-state index in [1.807, 2.05) is 6.07 Å². The lowest BCUT2D eigenvalue weighted by molar-refractivity contribution is 0.0972. The number of thiophene rings is 1. The van der Waals surface area contributed by atoms with Crippen molar-refractivity contribution in [1.29, 1.82) is 5.26 Å². The molecule has 0 bridgehead atoms. The first-order chi connectivity index (χ1) is 10.9. The van der Waals surface area contributed by atoms with Crippen LogP contribution in [-0.2, 0) is 16.4 Å². The lowest BCUT2D eigenvalue weighted by Gasteiger charge is -2.11. The molecule has 0 saturated carbocycles. The second-order valence-electron chi connectivity index (χ2n) is 5.09. The zero-order valence-electron chi connectivity index (χ0n) is 12.4. The topological polar surface area (TPSA) is 119 Å². The van der Waals surface area contributed by atoms with Crippen molar-refractivity contribution in [2.45, 2.75) is 25.3 Å². The molecule has 2 rings (SSSR count). The maximum absolute atomic E-state index is 12.3. The number of hydrogen-bond donors (Lipinski definition) is 0. The number of nitriles is 1. The predicted molar refractivity (Wildman–Crippen MR) is 83.8 cm³/mol. The average Bonchev–Trinajstić information content (AvgIpc) is 3.14. The van der Waals surface area contributed by atoms with E-state index in [0.29, 0.717) is 5.56 Å². The Bertz CT molecular complexity index is 805. The summed E-state index contributed by atoms with van der Waals surface area (Å²) < 4.78 is 22.8. The number of sulfone groups is 1. The van der Waals surface area contributed by atoms with Gasteiger partial charge in [0.2, 0.25) is 0 Å². The molecule has 23 heavy (non-hydrogen) atoms. The Morgan fingerprint density at radius 1 is 1.52 bits per heavy atom. The number of carbonyl (C=O) groups excluding carboxylic acids is 1. The Hall–Kier alpha value is -2.12. The molecule has 0 aliphatic rings. The molecule has 0 spiro atoms. The van der Waals surface area contributed by atoms with Crippen LogP contribution >= 0.6 is 11.3 Å². The summed E-state index contributed by atoms with van der Waals surface area (Å²) in [4.78, 5) is 13.4. The Morgan fingerprint density at radius 3 is 2.91 bits per heavy atom. The number of nitrogens with zero attached hydrogens (tertiary/aromatic N) is 5. The highest BCUT2D eigenvalue weighted by atomic mass is 32.2. The van der Waals surface area contributed by atoms with Crippen LogP contribution in [0.3, 0.4) is 0 Å². The molecular weight excluding hydrogens is 338 g/mol. The molecule has 10 heteroatoms. The third-order valence-electron chi connectivity index (χ3n) is 3.16. The van der Waals surface area contributed by atoms with Crippen LogP contribution in [0, 0.1) is 11.3 Å². The van der Waals surface area contributed by atoms with Crippen molar-refractivity contribution in [2.75, 3.05) is 12.0 Å². The van der Waals surface area contributed by atoms with Gasteiger partial charge in [0.05, 0.1) is 11.8 Å². The number of carbonyl (C=O) groups is 1. The summed E-state index contributed by atoms with van der Waals surface area (Å²) >= 11 is 1.42. The number of aromatic nitrogens is 4. The maximum Gasteiger partial charge on any atom is 0.178 e. The van der Waals surface area contributed by atoms with E-state index >= 15 is 0 Å². The lowest BCUT2D eigenvalue weighted by atomic mass is 9.96. The molecule has 1 atom stereocenters. The third kappa shape index (κ3) is 5.22. The largest absolute Gasteiger partial charge is 0.294 e. The fourth-order valence-electron chi connectivity index (χ4n) is 1.99. The smallest absolute Gasteiger partial charge is 0.178 e. The summed E-state index contributed by atoms with van der Waals surface area (Å²) in [5.74, 6) is -0.333. The Balaban J connectivity index is 2.16. The van der Waals surface area contributed by atoms with Crippen LogP contribution in [0.25, 0.3) is 0 Å². The SMILES string of the molecule is CS(=O)(=O)CC[C@H](CC(=O)c1ccsc1)c1nnn(CC#N)n1. The van der Waals surface area contributed by atoms with Gasteiger partial charge in [0.1, 0.15) is 16.4 Å². The van der Waals surface area contributed by atoms with Gasteiger partial charge in [-0.3, -0.25) is 4.79 Å². The molecule has 0 fully saturated rings. The van der Waals surface area contributed by atoms with Crippen molar-refractivity contribution in [2.24, 2.45) is 0 Å². The molecule has 2 aromatic heterocycles. The number of hydrogen-bond acceptors (Lipinski definition) is 8. The summed E-state index contributed by atoms with van der Waals surface area (Å²) in [6, 6.07) is 3.61. The second kappa shape index (κ2) is 7.43. The quantitative estimate of drug-likeness (QED) is 0.651. The number of Topliss-reactive ketones (excluding diaryl/α,β-unsaturated/α-hetero) is 1. The van der Waals surface area contributed by atoms with E-state index < -0.39 is 15.8 Å². The van der Waals surface area contributed by atoms with Crippen LogP contribution in [0.2, 0.25) is 0 Å². The molecule has 0 saturated heterocycles. The molecular formula is C13H15N5O3S2. The second-order valence-corrected chi connectivity index (χ2v) is 8.13. The maximum atomic E-state index is 12.3. The van der Waals surface area contributed by atoms with Crippen molar-refractivity contribution in [1.82, 2.24) is 20.2 Å². The minimum atomic E-state index is -3.16. The van der Waals surface area contributed by atoms with Gasteiger partial charge in [-0.25, -0.2) is 8.42 Å². The first kappa shape index (κ1) is 17.2. The van der Waals surface area contributed by atoms with Crippen LogP contribution in [0.15, 0.2) is 16.8 Å². The first-order valence-corrected chi connectivity index (χ1v) is 9.77. The summed E-state index contributed by atoms with van der Waals surface area (Å²) in [5, 5.41) is 23.8. The molecule has 0 radical (unpaired) electrons. The minimum absolute atomic E-state index is 0.0513. The predicted octanol–water partition coefficient (Wildman–Crippen LogP) is 1.05. The highest BCUT2D eigenvalue weighted by Gasteiger charge is 2.23. The summed E-state index contributed by atoms with van der Waals surface area (Å²) in [5.41, 5.74) is 0.587. The fraction of sp³-hybridized carbons (Fsp3) is 0.462. The van der Waals surface area contributed by atoms with Gasteiger partial charge in [0, 0.05) is 29.5 Å². The lowest BCUT2D eigenvalue weighted by Crippen LogP contribution is -2.14. The Kier molecular flexibility index (Phi) is 5.57.